The number of carbonyl (C=O) groups is 1. The summed E-state index contributed by atoms with van der Waals surface area (Å²) < 4.78 is 0. The van der Waals surface area contributed by atoms with Crippen molar-refractivity contribution in [1.82, 2.24) is 4.90 Å². The van der Waals surface area contributed by atoms with E-state index in [9.17, 15) is 4.79 Å². The highest BCUT2D eigenvalue weighted by molar-refractivity contribution is 6.75. The van der Waals surface area contributed by atoms with Crippen molar-refractivity contribution in [2.45, 2.75) is 39.5 Å². The normalized spacial score (nSPS) is 11.5. The number of nitrogens with zero attached hydrogens (tertiary/aromatic N) is 1. The summed E-state index contributed by atoms with van der Waals surface area (Å²) >= 11 is 6.32. The maximum atomic E-state index is 12.5. The summed E-state index contributed by atoms with van der Waals surface area (Å²) in [6.45, 7) is 12.3. The van der Waals surface area contributed by atoms with E-state index in [1.165, 1.54) is 0 Å². The molecular weight excluding hydrogens is 274 g/mol. The zero-order valence-electron chi connectivity index (χ0n) is 12.6. The number of carbonyl (C=O) groups excluding carboxylic acids is 1. The molecule has 0 radical (unpaired) electrons. The minimum atomic E-state index is -1.32. The molecule has 0 aliphatic heterocycles. The zero-order chi connectivity index (χ0) is 14.6. The van der Waals surface area contributed by atoms with Gasteiger partial charge in [-0.1, -0.05) is 37.3 Å². The van der Waals surface area contributed by atoms with E-state index in [-0.39, 0.29) is 5.91 Å². The molecule has 0 aromatic heterocycles. The Morgan fingerprint density at radius 2 is 1.79 bits per heavy atom. The first-order valence-electron chi connectivity index (χ1n) is 6.86. The van der Waals surface area contributed by atoms with Crippen molar-refractivity contribution in [3.63, 3.8) is 0 Å². The Morgan fingerprint density at radius 1 is 1.21 bits per heavy atom. The third kappa shape index (κ3) is 4.36. The van der Waals surface area contributed by atoms with E-state index in [0.29, 0.717) is 0 Å². The van der Waals surface area contributed by atoms with E-state index in [4.69, 9.17) is 11.6 Å². The number of hydrogen-bond acceptors (Lipinski definition) is 1. The standard InChI is InChI=1S/C15H24ClNOSi/c1-6-17(7-2)15(18)12-9-8-10-14(16)13(12)11-19(3,4)5/h8-10H,6-7,11H2,1-5H3. The molecule has 1 amide bonds. The molecule has 0 heterocycles. The molecule has 106 valence electrons. The quantitative estimate of drug-likeness (QED) is 0.744. The Labute approximate surface area is 122 Å². The van der Waals surface area contributed by atoms with Crippen LogP contribution in [0.25, 0.3) is 0 Å². The lowest BCUT2D eigenvalue weighted by atomic mass is 10.1. The van der Waals surface area contributed by atoms with Crippen molar-refractivity contribution < 1.29 is 4.79 Å². The van der Waals surface area contributed by atoms with Crippen LogP contribution in [0.5, 0.6) is 0 Å². The number of hydrogen-bond donors (Lipinski definition) is 0. The van der Waals surface area contributed by atoms with E-state index in [1.54, 1.807) is 0 Å². The summed E-state index contributed by atoms with van der Waals surface area (Å²) in [4.78, 5) is 14.4. The minimum Gasteiger partial charge on any atom is -0.339 e. The lowest BCUT2D eigenvalue weighted by molar-refractivity contribution is 0.0772. The summed E-state index contributed by atoms with van der Waals surface area (Å²) in [6.07, 6.45) is 0. The van der Waals surface area contributed by atoms with Crippen LogP contribution in [0.3, 0.4) is 0 Å². The average Bonchev–Trinajstić information content (AvgIpc) is 2.31. The molecule has 0 aliphatic rings. The zero-order valence-corrected chi connectivity index (χ0v) is 14.3. The third-order valence-corrected chi connectivity index (χ3v) is 4.88. The Hall–Kier alpha value is -0.803. The van der Waals surface area contributed by atoms with Crippen LogP contribution in [0.4, 0.5) is 0 Å². The summed E-state index contributed by atoms with van der Waals surface area (Å²) in [6, 6.07) is 6.60. The monoisotopic (exact) mass is 297 g/mol. The van der Waals surface area contributed by atoms with Gasteiger partial charge in [0.05, 0.1) is 0 Å². The van der Waals surface area contributed by atoms with E-state index >= 15 is 0 Å². The van der Waals surface area contributed by atoms with Crippen molar-refractivity contribution in [2.24, 2.45) is 0 Å². The van der Waals surface area contributed by atoms with Crippen LogP contribution < -0.4 is 0 Å². The van der Waals surface area contributed by atoms with Gasteiger partial charge in [0.25, 0.3) is 5.91 Å². The fourth-order valence-electron chi connectivity index (χ4n) is 2.15. The molecule has 0 saturated heterocycles. The molecule has 4 heteroatoms. The molecule has 1 rings (SSSR count). The van der Waals surface area contributed by atoms with Crippen LogP contribution in [-0.2, 0) is 6.04 Å². The molecule has 0 unspecified atom stereocenters. The van der Waals surface area contributed by atoms with Crippen LogP contribution in [0.15, 0.2) is 18.2 Å². The highest BCUT2D eigenvalue weighted by Gasteiger charge is 2.23. The van der Waals surface area contributed by atoms with Crippen LogP contribution in [0, 0.1) is 0 Å². The first-order valence-corrected chi connectivity index (χ1v) is 10.9. The lowest BCUT2D eigenvalue weighted by Crippen LogP contribution is -2.33. The number of rotatable bonds is 5. The molecule has 1 aromatic carbocycles. The van der Waals surface area contributed by atoms with E-state index in [2.05, 4.69) is 19.6 Å². The summed E-state index contributed by atoms with van der Waals surface area (Å²) in [5.41, 5.74) is 1.80. The molecule has 1 aromatic rings. The number of amides is 1. The maximum Gasteiger partial charge on any atom is 0.254 e. The topological polar surface area (TPSA) is 20.3 Å². The van der Waals surface area contributed by atoms with Gasteiger partial charge >= 0.3 is 0 Å². The smallest absolute Gasteiger partial charge is 0.254 e. The van der Waals surface area contributed by atoms with Crippen LogP contribution in [0.2, 0.25) is 24.7 Å². The van der Waals surface area contributed by atoms with Gasteiger partial charge in [0, 0.05) is 31.7 Å². The molecule has 0 atom stereocenters. The fraction of sp³-hybridized carbons (Fsp3) is 0.533. The van der Waals surface area contributed by atoms with Gasteiger partial charge in [-0.3, -0.25) is 4.79 Å². The Kier molecular flexibility index (Phi) is 5.62. The lowest BCUT2D eigenvalue weighted by Gasteiger charge is -2.23. The molecule has 2 nitrogen and oxygen atoms in total. The van der Waals surface area contributed by atoms with Gasteiger partial charge in [-0.05, 0) is 37.6 Å². The predicted octanol–water partition coefficient (Wildman–Crippen LogP) is 4.24. The second-order valence-electron chi connectivity index (χ2n) is 5.98. The molecule has 0 spiro atoms. The molecule has 0 bridgehead atoms. The minimum absolute atomic E-state index is 0.0979. The fourth-order valence-corrected chi connectivity index (χ4v) is 3.95. The Morgan fingerprint density at radius 3 is 2.26 bits per heavy atom. The third-order valence-electron chi connectivity index (χ3n) is 3.11. The predicted molar refractivity (Wildman–Crippen MR) is 85.8 cm³/mol. The van der Waals surface area contributed by atoms with Crippen LogP contribution >= 0.6 is 11.6 Å². The molecule has 0 N–H and O–H groups in total. The van der Waals surface area contributed by atoms with Crippen LogP contribution in [-0.4, -0.2) is 32.0 Å². The molecule has 19 heavy (non-hydrogen) atoms. The molecule has 0 aliphatic carbocycles. The second-order valence-corrected chi connectivity index (χ2v) is 11.9. The Balaban J connectivity index is 3.20. The van der Waals surface area contributed by atoms with Crippen molar-refractivity contribution >= 4 is 25.6 Å². The first-order chi connectivity index (χ1) is 8.80. The number of benzene rings is 1. The van der Waals surface area contributed by atoms with Gasteiger partial charge in [-0.25, -0.2) is 0 Å². The van der Waals surface area contributed by atoms with Gasteiger partial charge in [0.15, 0.2) is 0 Å². The van der Waals surface area contributed by atoms with E-state index in [1.807, 2.05) is 36.9 Å². The summed E-state index contributed by atoms with van der Waals surface area (Å²) in [5, 5.41) is 0.723. The van der Waals surface area contributed by atoms with Gasteiger partial charge in [0.1, 0.15) is 0 Å². The van der Waals surface area contributed by atoms with Crippen LogP contribution in [0.1, 0.15) is 29.8 Å². The molecule has 0 fully saturated rings. The van der Waals surface area contributed by atoms with Gasteiger partial charge in [-0.15, -0.1) is 0 Å². The summed E-state index contributed by atoms with van der Waals surface area (Å²) in [7, 11) is -1.32. The second kappa shape index (κ2) is 6.57. The van der Waals surface area contributed by atoms with Crippen molar-refractivity contribution in [2.75, 3.05) is 13.1 Å². The van der Waals surface area contributed by atoms with Gasteiger partial charge in [-0.2, -0.15) is 0 Å². The Bertz CT molecular complexity index is 450. The molecule has 0 saturated carbocycles. The van der Waals surface area contributed by atoms with Gasteiger partial charge in [0.2, 0.25) is 0 Å². The first kappa shape index (κ1) is 16.3. The van der Waals surface area contributed by atoms with Gasteiger partial charge < -0.3 is 4.90 Å². The average molecular weight is 298 g/mol. The van der Waals surface area contributed by atoms with E-state index < -0.39 is 8.07 Å². The highest BCUT2D eigenvalue weighted by atomic mass is 35.5. The SMILES string of the molecule is CCN(CC)C(=O)c1cccc(Cl)c1C[Si](C)(C)C. The van der Waals surface area contributed by atoms with Crippen molar-refractivity contribution in [1.29, 1.82) is 0 Å². The van der Waals surface area contributed by atoms with E-state index in [0.717, 1.165) is 35.3 Å². The summed E-state index contributed by atoms with van der Waals surface area (Å²) in [5.74, 6) is 0.0979. The largest absolute Gasteiger partial charge is 0.339 e. The van der Waals surface area contributed by atoms with Crippen molar-refractivity contribution in [3.8, 4) is 0 Å². The number of halogens is 1. The van der Waals surface area contributed by atoms with Crippen molar-refractivity contribution in [3.05, 3.63) is 34.3 Å². The maximum absolute atomic E-state index is 12.5. The molecular formula is C15H24ClNOSi. The highest BCUT2D eigenvalue weighted by Crippen LogP contribution is 2.25.